The second-order valence-electron chi connectivity index (χ2n) is 4.23. The van der Waals surface area contributed by atoms with E-state index >= 15 is 0 Å². The summed E-state index contributed by atoms with van der Waals surface area (Å²) in [6.45, 7) is -0.330. The number of amides is 1. The fourth-order valence-electron chi connectivity index (χ4n) is 1.74. The van der Waals surface area contributed by atoms with Gasteiger partial charge in [-0.25, -0.2) is 4.79 Å². The number of benzene rings is 2. The number of carbonyl (C=O) groups is 2. The number of carboxylic acids is 1. The number of rotatable bonds is 5. The first-order valence-corrected chi connectivity index (χ1v) is 6.17. The molecule has 0 saturated carbocycles. The van der Waals surface area contributed by atoms with E-state index in [-0.39, 0.29) is 23.6 Å². The third kappa shape index (κ3) is 3.73. The van der Waals surface area contributed by atoms with E-state index in [0.29, 0.717) is 5.69 Å². The van der Waals surface area contributed by atoms with Crippen LogP contribution in [0, 0.1) is 0 Å². The summed E-state index contributed by atoms with van der Waals surface area (Å²) >= 11 is 0. The second-order valence-corrected chi connectivity index (χ2v) is 4.23. The zero-order valence-corrected chi connectivity index (χ0v) is 11.1. The van der Waals surface area contributed by atoms with Gasteiger partial charge < -0.3 is 20.9 Å². The van der Waals surface area contributed by atoms with Crippen LogP contribution in [-0.4, -0.2) is 23.6 Å². The minimum absolute atomic E-state index is 0.00629. The van der Waals surface area contributed by atoms with Gasteiger partial charge in [0.1, 0.15) is 5.56 Å². The van der Waals surface area contributed by atoms with E-state index in [1.807, 2.05) is 6.07 Å². The van der Waals surface area contributed by atoms with Crippen molar-refractivity contribution in [1.29, 1.82) is 0 Å². The number of hydrogen-bond acceptors (Lipinski definition) is 4. The molecule has 2 rings (SSSR count). The van der Waals surface area contributed by atoms with Crippen molar-refractivity contribution in [2.24, 2.45) is 0 Å². The van der Waals surface area contributed by atoms with Crippen molar-refractivity contribution >= 4 is 23.3 Å². The lowest BCUT2D eigenvalue weighted by Crippen LogP contribution is -2.21. The molecule has 0 aliphatic carbocycles. The molecule has 6 nitrogen and oxygen atoms in total. The number of para-hydroxylation sites is 2. The van der Waals surface area contributed by atoms with E-state index in [1.54, 1.807) is 24.3 Å². The van der Waals surface area contributed by atoms with Crippen LogP contribution in [0.25, 0.3) is 0 Å². The van der Waals surface area contributed by atoms with Gasteiger partial charge in [0.2, 0.25) is 0 Å². The largest absolute Gasteiger partial charge is 0.481 e. The fraction of sp³-hybridized carbons (Fsp3) is 0.0667. The molecule has 0 bridgehead atoms. The summed E-state index contributed by atoms with van der Waals surface area (Å²) in [5.74, 6) is -1.57. The molecule has 2 aromatic carbocycles. The van der Waals surface area contributed by atoms with Gasteiger partial charge in [-0.2, -0.15) is 0 Å². The maximum absolute atomic E-state index is 11.8. The number of ether oxygens (including phenoxy) is 1. The highest BCUT2D eigenvalue weighted by molar-refractivity contribution is 5.94. The quantitative estimate of drug-likeness (QED) is 0.729. The average Bonchev–Trinajstić information content (AvgIpc) is 2.46. The number of aromatic carboxylic acids is 1. The molecule has 6 heteroatoms. The van der Waals surface area contributed by atoms with Crippen molar-refractivity contribution in [2.75, 3.05) is 17.7 Å². The van der Waals surface area contributed by atoms with Gasteiger partial charge in [-0.15, -0.1) is 0 Å². The molecular weight excluding hydrogens is 272 g/mol. The van der Waals surface area contributed by atoms with Crippen molar-refractivity contribution < 1.29 is 19.4 Å². The number of hydrogen-bond donors (Lipinski definition) is 3. The highest BCUT2D eigenvalue weighted by Gasteiger charge is 2.15. The number of nitrogens with one attached hydrogen (secondary N) is 1. The average molecular weight is 286 g/mol. The molecule has 0 unspecified atom stereocenters. The Bertz CT molecular complexity index is 656. The number of carbonyl (C=O) groups excluding carboxylic acids is 1. The zero-order chi connectivity index (χ0) is 15.2. The first kappa shape index (κ1) is 14.4. The Labute approximate surface area is 121 Å². The Morgan fingerprint density at radius 2 is 1.81 bits per heavy atom. The lowest BCUT2D eigenvalue weighted by molar-refractivity contribution is -0.118. The fourth-order valence-corrected chi connectivity index (χ4v) is 1.74. The number of nitrogen functional groups attached to an aromatic ring is 1. The van der Waals surface area contributed by atoms with Crippen LogP contribution < -0.4 is 15.8 Å². The van der Waals surface area contributed by atoms with Crippen molar-refractivity contribution in [3.63, 3.8) is 0 Å². The van der Waals surface area contributed by atoms with Gasteiger partial charge in [0.25, 0.3) is 5.91 Å². The summed E-state index contributed by atoms with van der Waals surface area (Å²) in [5.41, 5.74) is 6.40. The minimum Gasteiger partial charge on any atom is -0.481 e. The van der Waals surface area contributed by atoms with Crippen LogP contribution in [0.1, 0.15) is 10.4 Å². The maximum Gasteiger partial charge on any atom is 0.339 e. The predicted octanol–water partition coefficient (Wildman–Crippen LogP) is 1.98. The van der Waals surface area contributed by atoms with Gasteiger partial charge in [-0.3, -0.25) is 4.79 Å². The van der Waals surface area contributed by atoms with Crippen LogP contribution in [0.5, 0.6) is 5.75 Å². The molecule has 2 aromatic rings. The molecule has 0 fully saturated rings. The number of nitrogens with two attached hydrogens (primary N) is 1. The van der Waals surface area contributed by atoms with Gasteiger partial charge in [0, 0.05) is 5.69 Å². The zero-order valence-electron chi connectivity index (χ0n) is 11.1. The lowest BCUT2D eigenvalue weighted by Gasteiger charge is -2.11. The summed E-state index contributed by atoms with van der Waals surface area (Å²) in [7, 11) is 0. The van der Waals surface area contributed by atoms with Crippen molar-refractivity contribution in [2.45, 2.75) is 0 Å². The van der Waals surface area contributed by atoms with Crippen LogP contribution in [0.4, 0.5) is 11.4 Å². The SMILES string of the molecule is Nc1cccc(C(=O)O)c1OCC(=O)Nc1ccccc1. The topological polar surface area (TPSA) is 102 Å². The van der Waals surface area contributed by atoms with Crippen LogP contribution in [-0.2, 0) is 4.79 Å². The molecule has 1 amide bonds. The van der Waals surface area contributed by atoms with E-state index < -0.39 is 11.9 Å². The van der Waals surface area contributed by atoms with Crippen LogP contribution >= 0.6 is 0 Å². The molecule has 0 aliphatic rings. The second kappa shape index (κ2) is 6.42. The number of anilines is 2. The standard InChI is InChI=1S/C15H14N2O4/c16-12-8-4-7-11(15(19)20)14(12)21-9-13(18)17-10-5-2-1-3-6-10/h1-8H,9,16H2,(H,17,18)(H,19,20). The first-order chi connectivity index (χ1) is 10.1. The summed E-state index contributed by atoms with van der Waals surface area (Å²) in [5, 5.41) is 11.7. The van der Waals surface area contributed by atoms with E-state index in [2.05, 4.69) is 5.32 Å². The smallest absolute Gasteiger partial charge is 0.339 e. The Balaban J connectivity index is 2.03. The molecule has 0 saturated heterocycles. The highest BCUT2D eigenvalue weighted by atomic mass is 16.5. The molecule has 21 heavy (non-hydrogen) atoms. The molecule has 0 spiro atoms. The van der Waals surface area contributed by atoms with E-state index in [0.717, 1.165) is 0 Å². The molecule has 0 heterocycles. The van der Waals surface area contributed by atoms with Crippen LogP contribution in [0.2, 0.25) is 0 Å². The Kier molecular flexibility index (Phi) is 4.40. The van der Waals surface area contributed by atoms with Crippen molar-refractivity contribution in [1.82, 2.24) is 0 Å². The third-order valence-corrected chi connectivity index (χ3v) is 2.68. The third-order valence-electron chi connectivity index (χ3n) is 2.68. The van der Waals surface area contributed by atoms with E-state index in [4.69, 9.17) is 15.6 Å². The van der Waals surface area contributed by atoms with Crippen LogP contribution in [0.15, 0.2) is 48.5 Å². The summed E-state index contributed by atoms with van der Waals surface area (Å²) in [6.07, 6.45) is 0. The normalized spacial score (nSPS) is 9.90. The molecule has 0 aromatic heterocycles. The molecule has 0 atom stereocenters. The minimum atomic E-state index is -1.17. The Hall–Kier alpha value is -3.02. The van der Waals surface area contributed by atoms with Gasteiger partial charge in [0.15, 0.2) is 12.4 Å². The van der Waals surface area contributed by atoms with Crippen molar-refractivity contribution in [3.05, 3.63) is 54.1 Å². The van der Waals surface area contributed by atoms with E-state index in [9.17, 15) is 9.59 Å². The Morgan fingerprint density at radius 1 is 1.10 bits per heavy atom. The molecule has 108 valence electrons. The molecule has 4 N–H and O–H groups in total. The predicted molar refractivity (Wildman–Crippen MR) is 78.4 cm³/mol. The van der Waals surface area contributed by atoms with Gasteiger partial charge >= 0.3 is 5.97 Å². The van der Waals surface area contributed by atoms with E-state index in [1.165, 1.54) is 18.2 Å². The first-order valence-electron chi connectivity index (χ1n) is 6.17. The van der Waals surface area contributed by atoms with Gasteiger partial charge in [-0.1, -0.05) is 24.3 Å². The highest BCUT2D eigenvalue weighted by Crippen LogP contribution is 2.26. The maximum atomic E-state index is 11.8. The monoisotopic (exact) mass is 286 g/mol. The molecule has 0 radical (unpaired) electrons. The Morgan fingerprint density at radius 3 is 2.48 bits per heavy atom. The van der Waals surface area contributed by atoms with Crippen LogP contribution in [0.3, 0.4) is 0 Å². The van der Waals surface area contributed by atoms with Crippen molar-refractivity contribution in [3.8, 4) is 5.75 Å². The number of carboxylic acid groups (broad SMARTS) is 1. The summed E-state index contributed by atoms with van der Waals surface area (Å²) in [6, 6.07) is 13.3. The van der Waals surface area contributed by atoms with Gasteiger partial charge in [-0.05, 0) is 24.3 Å². The summed E-state index contributed by atoms with van der Waals surface area (Å²) in [4.78, 5) is 22.8. The molecular formula is C15H14N2O4. The van der Waals surface area contributed by atoms with Gasteiger partial charge in [0.05, 0.1) is 5.69 Å². The summed E-state index contributed by atoms with van der Waals surface area (Å²) < 4.78 is 5.25. The molecule has 0 aliphatic heterocycles. The lowest BCUT2D eigenvalue weighted by atomic mass is 10.2.